The lowest BCUT2D eigenvalue weighted by molar-refractivity contribution is -0.153. The van der Waals surface area contributed by atoms with Crippen LogP contribution in [0.2, 0.25) is 0 Å². The molecule has 0 aromatic carbocycles. The number of ether oxygens (including phenoxy) is 1. The SMILES string of the molecule is CC(C)(C)C(=O)OCC1CC1(Br)Br. The molecule has 1 rings (SSSR count). The average Bonchev–Trinajstić information content (AvgIpc) is 2.52. The highest BCUT2D eigenvalue weighted by Gasteiger charge is 2.51. The van der Waals surface area contributed by atoms with Gasteiger partial charge in [-0.1, -0.05) is 31.9 Å². The molecule has 76 valence electrons. The first-order valence-electron chi connectivity index (χ1n) is 4.28. The lowest BCUT2D eigenvalue weighted by Crippen LogP contribution is -2.24. The minimum atomic E-state index is -0.393. The van der Waals surface area contributed by atoms with E-state index in [1.807, 2.05) is 20.8 Å². The van der Waals surface area contributed by atoms with Gasteiger partial charge in [-0.2, -0.15) is 0 Å². The van der Waals surface area contributed by atoms with Crippen LogP contribution in [0.3, 0.4) is 0 Å². The van der Waals surface area contributed by atoms with E-state index in [2.05, 4.69) is 31.9 Å². The number of carbonyl (C=O) groups is 1. The van der Waals surface area contributed by atoms with E-state index in [0.717, 1.165) is 6.42 Å². The van der Waals surface area contributed by atoms with Crippen molar-refractivity contribution in [3.8, 4) is 0 Å². The van der Waals surface area contributed by atoms with Crippen LogP contribution in [0.25, 0.3) is 0 Å². The normalized spacial score (nSPS) is 25.5. The predicted molar refractivity (Wildman–Crippen MR) is 59.1 cm³/mol. The van der Waals surface area contributed by atoms with Gasteiger partial charge in [-0.05, 0) is 27.2 Å². The van der Waals surface area contributed by atoms with Crippen LogP contribution in [-0.2, 0) is 9.53 Å². The zero-order valence-electron chi connectivity index (χ0n) is 8.06. The standard InChI is InChI=1S/C9H14Br2O2/c1-8(2,3)7(12)13-5-6-4-9(6,10)11/h6H,4-5H2,1-3H3. The Morgan fingerprint density at radius 1 is 1.54 bits per heavy atom. The molecule has 0 heterocycles. The van der Waals surface area contributed by atoms with E-state index in [-0.39, 0.29) is 9.20 Å². The molecule has 1 aliphatic carbocycles. The van der Waals surface area contributed by atoms with E-state index in [0.29, 0.717) is 12.5 Å². The van der Waals surface area contributed by atoms with E-state index in [1.54, 1.807) is 0 Å². The van der Waals surface area contributed by atoms with E-state index in [9.17, 15) is 4.79 Å². The van der Waals surface area contributed by atoms with Gasteiger partial charge in [0, 0.05) is 5.92 Å². The Morgan fingerprint density at radius 2 is 2.00 bits per heavy atom. The number of alkyl halides is 2. The number of halogens is 2. The zero-order chi connectivity index (χ0) is 10.3. The monoisotopic (exact) mass is 312 g/mol. The summed E-state index contributed by atoms with van der Waals surface area (Å²) in [4.78, 5) is 11.4. The van der Waals surface area contributed by atoms with Crippen molar-refractivity contribution >= 4 is 37.8 Å². The molecule has 0 amide bonds. The highest BCUT2D eigenvalue weighted by molar-refractivity contribution is 9.25. The number of carbonyl (C=O) groups excluding carboxylic acids is 1. The molecule has 2 nitrogen and oxygen atoms in total. The zero-order valence-corrected chi connectivity index (χ0v) is 11.2. The largest absolute Gasteiger partial charge is 0.465 e. The van der Waals surface area contributed by atoms with Crippen LogP contribution in [0.1, 0.15) is 27.2 Å². The molecule has 1 unspecified atom stereocenters. The van der Waals surface area contributed by atoms with Crippen LogP contribution >= 0.6 is 31.9 Å². The minimum Gasteiger partial charge on any atom is -0.465 e. The summed E-state index contributed by atoms with van der Waals surface area (Å²) in [6.07, 6.45) is 1.02. The lowest BCUT2D eigenvalue weighted by atomic mass is 9.97. The molecule has 1 aliphatic rings. The number of rotatable bonds is 2. The molecule has 0 aromatic rings. The molecule has 0 radical (unpaired) electrons. The summed E-state index contributed by atoms with van der Waals surface area (Å²) in [5.41, 5.74) is -0.393. The summed E-state index contributed by atoms with van der Waals surface area (Å²) >= 11 is 6.96. The Kier molecular flexibility index (Phi) is 3.13. The third-order valence-electron chi connectivity index (χ3n) is 1.98. The molecular weight excluding hydrogens is 300 g/mol. The first-order valence-corrected chi connectivity index (χ1v) is 5.87. The summed E-state index contributed by atoms with van der Waals surface area (Å²) < 4.78 is 5.19. The van der Waals surface area contributed by atoms with Crippen molar-refractivity contribution in [2.75, 3.05) is 6.61 Å². The number of hydrogen-bond donors (Lipinski definition) is 0. The summed E-state index contributed by atoms with van der Waals surface area (Å²) in [6.45, 7) is 6.08. The van der Waals surface area contributed by atoms with Gasteiger partial charge < -0.3 is 4.74 Å². The molecular formula is C9H14Br2O2. The molecule has 0 aliphatic heterocycles. The lowest BCUT2D eigenvalue weighted by Gasteiger charge is -2.16. The van der Waals surface area contributed by atoms with Gasteiger partial charge >= 0.3 is 5.97 Å². The van der Waals surface area contributed by atoms with E-state index in [4.69, 9.17) is 4.74 Å². The first-order chi connectivity index (χ1) is 5.73. The van der Waals surface area contributed by atoms with Crippen molar-refractivity contribution in [1.82, 2.24) is 0 Å². The summed E-state index contributed by atoms with van der Waals surface area (Å²) in [5, 5.41) is 0. The number of esters is 1. The van der Waals surface area contributed by atoms with Crippen molar-refractivity contribution in [2.45, 2.75) is 30.4 Å². The topological polar surface area (TPSA) is 26.3 Å². The van der Waals surface area contributed by atoms with Gasteiger partial charge in [0.15, 0.2) is 0 Å². The van der Waals surface area contributed by atoms with Crippen molar-refractivity contribution in [3.63, 3.8) is 0 Å². The second-order valence-electron chi connectivity index (χ2n) is 4.51. The molecule has 1 fully saturated rings. The second kappa shape index (κ2) is 3.54. The van der Waals surface area contributed by atoms with E-state index in [1.165, 1.54) is 0 Å². The fourth-order valence-corrected chi connectivity index (χ4v) is 1.89. The van der Waals surface area contributed by atoms with Crippen LogP contribution < -0.4 is 0 Å². The average molecular weight is 314 g/mol. The smallest absolute Gasteiger partial charge is 0.311 e. The van der Waals surface area contributed by atoms with E-state index >= 15 is 0 Å². The van der Waals surface area contributed by atoms with Crippen molar-refractivity contribution in [2.24, 2.45) is 11.3 Å². The molecule has 13 heavy (non-hydrogen) atoms. The summed E-state index contributed by atoms with van der Waals surface area (Å²) in [6, 6.07) is 0. The molecule has 0 N–H and O–H groups in total. The Morgan fingerprint density at radius 3 is 2.31 bits per heavy atom. The van der Waals surface area contributed by atoms with Gasteiger partial charge in [0.25, 0.3) is 0 Å². The van der Waals surface area contributed by atoms with Crippen LogP contribution in [-0.4, -0.2) is 15.8 Å². The molecule has 0 aromatic heterocycles. The third-order valence-corrected chi connectivity index (χ3v) is 3.93. The van der Waals surface area contributed by atoms with E-state index < -0.39 is 5.41 Å². The molecule has 1 saturated carbocycles. The van der Waals surface area contributed by atoms with Crippen LogP contribution in [0.5, 0.6) is 0 Å². The highest BCUT2D eigenvalue weighted by Crippen LogP contribution is 2.56. The molecule has 4 heteroatoms. The molecule has 0 bridgehead atoms. The quantitative estimate of drug-likeness (QED) is 0.578. The van der Waals surface area contributed by atoms with Crippen molar-refractivity contribution < 1.29 is 9.53 Å². The van der Waals surface area contributed by atoms with Gasteiger partial charge in [-0.15, -0.1) is 0 Å². The summed E-state index contributed by atoms with van der Waals surface area (Å²) in [7, 11) is 0. The van der Waals surface area contributed by atoms with Crippen molar-refractivity contribution in [3.05, 3.63) is 0 Å². The Balaban J connectivity index is 2.25. The van der Waals surface area contributed by atoms with Gasteiger partial charge in [0.2, 0.25) is 0 Å². The molecule has 0 spiro atoms. The maximum atomic E-state index is 11.4. The summed E-state index contributed by atoms with van der Waals surface area (Å²) in [5.74, 6) is 0.286. The van der Waals surface area contributed by atoms with Gasteiger partial charge in [0.1, 0.15) is 0 Å². The maximum absolute atomic E-state index is 11.4. The first kappa shape index (κ1) is 11.5. The number of hydrogen-bond acceptors (Lipinski definition) is 2. The van der Waals surface area contributed by atoms with Gasteiger partial charge in [-0.3, -0.25) is 4.79 Å². The third kappa shape index (κ3) is 3.24. The van der Waals surface area contributed by atoms with Gasteiger partial charge in [-0.25, -0.2) is 0 Å². The highest BCUT2D eigenvalue weighted by atomic mass is 79.9. The fourth-order valence-electron chi connectivity index (χ4n) is 0.843. The Hall–Kier alpha value is 0.430. The van der Waals surface area contributed by atoms with Crippen LogP contribution in [0, 0.1) is 11.3 Å². The fraction of sp³-hybridized carbons (Fsp3) is 0.889. The maximum Gasteiger partial charge on any atom is 0.311 e. The van der Waals surface area contributed by atoms with Crippen LogP contribution in [0.15, 0.2) is 0 Å². The van der Waals surface area contributed by atoms with Crippen LogP contribution in [0.4, 0.5) is 0 Å². The van der Waals surface area contributed by atoms with Gasteiger partial charge in [0.05, 0.1) is 15.3 Å². The second-order valence-corrected chi connectivity index (χ2v) is 8.40. The predicted octanol–water partition coefficient (Wildman–Crippen LogP) is 3.08. The molecule has 1 atom stereocenters. The molecule has 0 saturated heterocycles. The Labute approximate surface area is 95.7 Å². The Bertz CT molecular complexity index is 218. The van der Waals surface area contributed by atoms with Crippen molar-refractivity contribution in [1.29, 1.82) is 0 Å². The minimum absolute atomic E-state index is 0.0260.